The summed E-state index contributed by atoms with van der Waals surface area (Å²) in [5, 5.41) is 10.6. The van der Waals surface area contributed by atoms with E-state index in [0.29, 0.717) is 12.1 Å². The molecule has 0 amide bonds. The van der Waals surface area contributed by atoms with Gasteiger partial charge in [0.2, 0.25) is 5.75 Å². The molecule has 0 N–H and O–H groups in total. The highest BCUT2D eigenvalue weighted by atomic mass is 19.4. The molecule has 110 valence electrons. The Labute approximate surface area is 108 Å². The topological polar surface area (TPSA) is 69.4 Å². The minimum Gasteiger partial charge on any atom is -0.427 e. The van der Waals surface area contributed by atoms with E-state index >= 15 is 0 Å². The number of nitro groups is 1. The molecule has 0 saturated heterocycles. The molecule has 0 aliphatic carbocycles. The first kappa shape index (κ1) is 15.8. The van der Waals surface area contributed by atoms with E-state index in [2.05, 4.69) is 4.74 Å². The number of rotatable bonds is 4. The molecule has 0 bridgehead atoms. The summed E-state index contributed by atoms with van der Waals surface area (Å²) >= 11 is 0. The summed E-state index contributed by atoms with van der Waals surface area (Å²) in [6.45, 7) is -2.94. The molecule has 10 heteroatoms. The van der Waals surface area contributed by atoms with Gasteiger partial charge >= 0.3 is 18.5 Å². The number of carbonyl (C=O) groups is 1. The number of Topliss-reactive ketones (excluding diaryl/α,β-unsaturated/α-hetero) is 1. The van der Waals surface area contributed by atoms with Gasteiger partial charge < -0.3 is 4.74 Å². The van der Waals surface area contributed by atoms with Crippen molar-refractivity contribution in [3.05, 3.63) is 33.4 Å². The third kappa shape index (κ3) is 3.19. The largest absolute Gasteiger partial charge is 0.427 e. The molecule has 0 radical (unpaired) electrons. The maximum Gasteiger partial charge on any atom is 0.420 e. The molecule has 0 atom stereocenters. The number of alkyl halides is 5. The van der Waals surface area contributed by atoms with Crippen molar-refractivity contribution in [3.63, 3.8) is 0 Å². The second-order valence-corrected chi connectivity index (χ2v) is 3.53. The Kier molecular flexibility index (Phi) is 4.26. The lowest BCUT2D eigenvalue weighted by Crippen LogP contribution is -2.17. The van der Waals surface area contributed by atoms with E-state index in [1.165, 1.54) is 0 Å². The molecule has 1 aromatic carbocycles. The van der Waals surface area contributed by atoms with E-state index < -0.39 is 46.1 Å². The van der Waals surface area contributed by atoms with Gasteiger partial charge in [-0.05, 0) is 13.0 Å². The van der Waals surface area contributed by atoms with Crippen LogP contribution in [0.4, 0.5) is 27.6 Å². The van der Waals surface area contributed by atoms with Gasteiger partial charge in [0.25, 0.3) is 0 Å². The molecule has 5 nitrogen and oxygen atoms in total. The molecule has 0 heterocycles. The second kappa shape index (κ2) is 5.39. The summed E-state index contributed by atoms with van der Waals surface area (Å²) in [4.78, 5) is 20.4. The van der Waals surface area contributed by atoms with Crippen LogP contribution in [0.3, 0.4) is 0 Å². The van der Waals surface area contributed by atoms with Crippen molar-refractivity contribution in [1.82, 2.24) is 0 Å². The third-order valence-corrected chi connectivity index (χ3v) is 2.20. The van der Waals surface area contributed by atoms with Crippen molar-refractivity contribution >= 4 is 11.5 Å². The molecule has 0 aromatic heterocycles. The summed E-state index contributed by atoms with van der Waals surface area (Å²) in [6.07, 6.45) is -5.27. The standard InChI is InChI=1S/C10H6F5NO4/c1-4(17)5-2-3-6(16(18)19)8(20-9(11)12)7(5)10(13,14)15/h2-3,9H,1H3. The molecule has 0 unspecified atom stereocenters. The highest BCUT2D eigenvalue weighted by Crippen LogP contribution is 2.44. The summed E-state index contributed by atoms with van der Waals surface area (Å²) < 4.78 is 66.5. The number of nitro benzene ring substituents is 1. The lowest BCUT2D eigenvalue weighted by Gasteiger charge is -2.16. The number of hydrogen-bond acceptors (Lipinski definition) is 4. The molecule has 20 heavy (non-hydrogen) atoms. The smallest absolute Gasteiger partial charge is 0.420 e. The Hall–Kier alpha value is -2.26. The molecule has 0 aliphatic heterocycles. The number of ether oxygens (including phenoxy) is 1. The van der Waals surface area contributed by atoms with Gasteiger partial charge in [-0.1, -0.05) is 0 Å². The molecule has 0 saturated carbocycles. The van der Waals surface area contributed by atoms with Crippen molar-refractivity contribution < 1.29 is 36.4 Å². The second-order valence-electron chi connectivity index (χ2n) is 3.53. The molecule has 0 fully saturated rings. The highest BCUT2D eigenvalue weighted by Gasteiger charge is 2.42. The van der Waals surface area contributed by atoms with Gasteiger partial charge in [0.1, 0.15) is 5.56 Å². The zero-order valence-electron chi connectivity index (χ0n) is 9.70. The normalized spacial score (nSPS) is 11.6. The molecule has 1 rings (SSSR count). The van der Waals surface area contributed by atoms with Crippen molar-refractivity contribution in [3.8, 4) is 5.75 Å². The van der Waals surface area contributed by atoms with Gasteiger partial charge in [-0.2, -0.15) is 22.0 Å². The first-order valence-corrected chi connectivity index (χ1v) is 4.90. The maximum absolute atomic E-state index is 12.9. The predicted octanol–water partition coefficient (Wildman–Crippen LogP) is 3.42. The van der Waals surface area contributed by atoms with Crippen LogP contribution < -0.4 is 4.74 Å². The molecular formula is C10H6F5NO4. The van der Waals surface area contributed by atoms with Gasteiger partial charge in [0, 0.05) is 11.6 Å². The van der Waals surface area contributed by atoms with E-state index in [0.717, 1.165) is 6.92 Å². The van der Waals surface area contributed by atoms with Crippen molar-refractivity contribution in [2.45, 2.75) is 19.7 Å². The quantitative estimate of drug-likeness (QED) is 0.370. The number of halogens is 5. The van der Waals surface area contributed by atoms with Crippen molar-refractivity contribution in [2.75, 3.05) is 0 Å². The van der Waals surface area contributed by atoms with Gasteiger partial charge in [-0.15, -0.1) is 0 Å². The monoisotopic (exact) mass is 299 g/mol. The minimum atomic E-state index is -5.27. The number of hydrogen-bond donors (Lipinski definition) is 0. The van der Waals surface area contributed by atoms with Crippen LogP contribution >= 0.6 is 0 Å². The van der Waals surface area contributed by atoms with Crippen LogP contribution in [0.15, 0.2) is 12.1 Å². The Balaban J connectivity index is 3.73. The third-order valence-electron chi connectivity index (χ3n) is 2.20. The lowest BCUT2D eigenvalue weighted by atomic mass is 10.0. The molecule has 0 aliphatic rings. The van der Waals surface area contributed by atoms with Gasteiger partial charge in [0.05, 0.1) is 4.92 Å². The first-order valence-electron chi connectivity index (χ1n) is 4.90. The van der Waals surface area contributed by atoms with E-state index in [-0.39, 0.29) is 0 Å². The average molecular weight is 299 g/mol. The zero-order valence-corrected chi connectivity index (χ0v) is 9.70. The summed E-state index contributed by atoms with van der Waals surface area (Å²) in [5.41, 5.74) is -4.18. The van der Waals surface area contributed by atoms with E-state index in [9.17, 15) is 36.9 Å². The first-order chi connectivity index (χ1) is 9.05. The SMILES string of the molecule is CC(=O)c1ccc([N+](=O)[O-])c(OC(F)F)c1C(F)(F)F. The zero-order chi connectivity index (χ0) is 15.7. The summed E-state index contributed by atoms with van der Waals surface area (Å²) in [7, 11) is 0. The van der Waals surface area contributed by atoms with E-state index in [1.807, 2.05) is 0 Å². The minimum absolute atomic E-state index is 0.504. The van der Waals surface area contributed by atoms with Gasteiger partial charge in [0.15, 0.2) is 5.78 Å². The van der Waals surface area contributed by atoms with Gasteiger partial charge in [-0.25, -0.2) is 0 Å². The van der Waals surface area contributed by atoms with E-state index in [1.54, 1.807) is 0 Å². The molecule has 1 aromatic rings. The lowest BCUT2D eigenvalue weighted by molar-refractivity contribution is -0.386. The molecule has 0 spiro atoms. The number of ketones is 1. The Morgan fingerprint density at radius 1 is 1.35 bits per heavy atom. The van der Waals surface area contributed by atoms with Crippen molar-refractivity contribution in [1.29, 1.82) is 0 Å². The van der Waals surface area contributed by atoms with Crippen molar-refractivity contribution in [2.24, 2.45) is 0 Å². The van der Waals surface area contributed by atoms with Crippen LogP contribution in [0, 0.1) is 10.1 Å². The summed E-state index contributed by atoms with van der Waals surface area (Å²) in [5.74, 6) is -2.77. The van der Waals surface area contributed by atoms with Crippen LogP contribution in [0.1, 0.15) is 22.8 Å². The number of benzene rings is 1. The Morgan fingerprint density at radius 3 is 2.25 bits per heavy atom. The van der Waals surface area contributed by atoms with Gasteiger partial charge in [-0.3, -0.25) is 14.9 Å². The highest BCUT2D eigenvalue weighted by molar-refractivity contribution is 5.97. The Bertz CT molecular complexity index is 555. The summed E-state index contributed by atoms with van der Waals surface area (Å²) in [6, 6.07) is 1.05. The fourth-order valence-electron chi connectivity index (χ4n) is 1.50. The fraction of sp³-hybridized carbons (Fsp3) is 0.300. The number of carbonyl (C=O) groups excluding carboxylic acids is 1. The van der Waals surface area contributed by atoms with E-state index in [4.69, 9.17) is 0 Å². The maximum atomic E-state index is 12.9. The number of nitrogens with zero attached hydrogens (tertiary/aromatic N) is 1. The fourth-order valence-corrected chi connectivity index (χ4v) is 1.50. The van der Waals surface area contributed by atoms with Crippen LogP contribution in [0.2, 0.25) is 0 Å². The average Bonchev–Trinajstić information content (AvgIpc) is 2.25. The predicted molar refractivity (Wildman–Crippen MR) is 54.7 cm³/mol. The van der Waals surface area contributed by atoms with Crippen LogP contribution in [-0.4, -0.2) is 17.3 Å². The van der Waals surface area contributed by atoms with Crippen LogP contribution in [0.25, 0.3) is 0 Å². The molecular weight excluding hydrogens is 293 g/mol. The Morgan fingerprint density at radius 2 is 1.90 bits per heavy atom. The van der Waals surface area contributed by atoms with Crippen LogP contribution in [-0.2, 0) is 6.18 Å². The van der Waals surface area contributed by atoms with Crippen LogP contribution in [0.5, 0.6) is 5.75 Å².